The van der Waals surface area contributed by atoms with Gasteiger partial charge in [0.05, 0.1) is 0 Å². The van der Waals surface area contributed by atoms with Crippen LogP contribution in [-0.2, 0) is 4.79 Å². The van der Waals surface area contributed by atoms with Gasteiger partial charge in [0, 0.05) is 6.42 Å². The number of hydrogen-bond acceptors (Lipinski definition) is 1. The molecule has 0 aromatic carbocycles. The van der Waals surface area contributed by atoms with Gasteiger partial charge in [-0.2, -0.15) is 0 Å². The predicted molar refractivity (Wildman–Crippen MR) is 50.9 cm³/mol. The topological polar surface area (TPSA) is 17.1 Å². The summed E-state index contributed by atoms with van der Waals surface area (Å²) in [6.07, 6.45) is 5.26. The van der Waals surface area contributed by atoms with Crippen molar-refractivity contribution in [3.63, 3.8) is 0 Å². The summed E-state index contributed by atoms with van der Waals surface area (Å²) >= 11 is 0. The third-order valence-corrected chi connectivity index (χ3v) is 3.10. The van der Waals surface area contributed by atoms with Gasteiger partial charge in [-0.1, -0.05) is 25.5 Å². The first-order chi connectivity index (χ1) is 5.65. The van der Waals surface area contributed by atoms with Crippen LogP contribution in [0.25, 0.3) is 0 Å². The average Bonchev–Trinajstić information content (AvgIpc) is 2.01. The number of hydrogen-bond donors (Lipinski definition) is 0. The van der Waals surface area contributed by atoms with Crippen LogP contribution in [0.2, 0.25) is 0 Å². The SMILES string of the molecule is CC1=CC(C)C(C)C[C@@H]1CC=O. The van der Waals surface area contributed by atoms with Crippen molar-refractivity contribution < 1.29 is 4.79 Å². The molecule has 12 heavy (non-hydrogen) atoms. The van der Waals surface area contributed by atoms with E-state index in [2.05, 4.69) is 26.8 Å². The Labute approximate surface area is 74.9 Å². The molecule has 0 spiro atoms. The van der Waals surface area contributed by atoms with Gasteiger partial charge in [-0.05, 0) is 31.1 Å². The molecular formula is C11H18O. The Balaban J connectivity index is 2.67. The van der Waals surface area contributed by atoms with Crippen LogP contribution in [-0.4, -0.2) is 6.29 Å². The Hall–Kier alpha value is -0.590. The maximum absolute atomic E-state index is 10.4. The van der Waals surface area contributed by atoms with E-state index in [-0.39, 0.29) is 0 Å². The predicted octanol–water partition coefficient (Wildman–Crippen LogP) is 2.81. The summed E-state index contributed by atoms with van der Waals surface area (Å²) in [5, 5.41) is 0. The summed E-state index contributed by atoms with van der Waals surface area (Å²) in [4.78, 5) is 10.4. The molecule has 1 nitrogen and oxygen atoms in total. The molecule has 1 aliphatic rings. The van der Waals surface area contributed by atoms with Crippen LogP contribution < -0.4 is 0 Å². The summed E-state index contributed by atoms with van der Waals surface area (Å²) in [7, 11) is 0. The second-order valence-electron chi connectivity index (χ2n) is 4.08. The minimum atomic E-state index is 0.522. The van der Waals surface area contributed by atoms with E-state index >= 15 is 0 Å². The van der Waals surface area contributed by atoms with Crippen molar-refractivity contribution in [1.82, 2.24) is 0 Å². The first-order valence-electron chi connectivity index (χ1n) is 4.77. The monoisotopic (exact) mass is 166 g/mol. The quantitative estimate of drug-likeness (QED) is 0.455. The fourth-order valence-corrected chi connectivity index (χ4v) is 1.96. The fraction of sp³-hybridized carbons (Fsp3) is 0.727. The number of allylic oxidation sites excluding steroid dienone is 2. The standard InChI is InChI=1S/C11H18O/c1-8-6-10(3)11(4-5-12)7-9(8)2/h5-6,8-9,11H,4,7H2,1-3H3/t8?,9?,11-/m0/s1. The molecule has 0 radical (unpaired) electrons. The highest BCUT2D eigenvalue weighted by Crippen LogP contribution is 2.33. The number of aldehydes is 1. The first-order valence-corrected chi connectivity index (χ1v) is 4.77. The molecule has 68 valence electrons. The second kappa shape index (κ2) is 3.88. The maximum atomic E-state index is 10.4. The van der Waals surface area contributed by atoms with Crippen molar-refractivity contribution >= 4 is 6.29 Å². The van der Waals surface area contributed by atoms with Crippen LogP contribution >= 0.6 is 0 Å². The van der Waals surface area contributed by atoms with E-state index in [4.69, 9.17) is 0 Å². The zero-order valence-electron chi connectivity index (χ0n) is 8.21. The van der Waals surface area contributed by atoms with Crippen LogP contribution in [0.15, 0.2) is 11.6 Å². The summed E-state index contributed by atoms with van der Waals surface area (Å²) in [6, 6.07) is 0. The Morgan fingerprint density at radius 3 is 2.83 bits per heavy atom. The highest BCUT2D eigenvalue weighted by Gasteiger charge is 2.23. The molecular weight excluding hydrogens is 148 g/mol. The molecule has 1 rings (SSSR count). The molecule has 1 heteroatoms. The van der Waals surface area contributed by atoms with Gasteiger partial charge in [-0.15, -0.1) is 0 Å². The van der Waals surface area contributed by atoms with Crippen LogP contribution in [0.1, 0.15) is 33.6 Å². The summed E-state index contributed by atoms with van der Waals surface area (Å²) in [5.41, 5.74) is 1.41. The molecule has 0 bridgehead atoms. The molecule has 3 atom stereocenters. The maximum Gasteiger partial charge on any atom is 0.120 e. The Bertz CT molecular complexity index is 193. The van der Waals surface area contributed by atoms with Gasteiger partial charge in [0.25, 0.3) is 0 Å². The zero-order valence-corrected chi connectivity index (χ0v) is 8.21. The van der Waals surface area contributed by atoms with Crippen LogP contribution in [0.5, 0.6) is 0 Å². The lowest BCUT2D eigenvalue weighted by Crippen LogP contribution is -2.19. The van der Waals surface area contributed by atoms with Crippen molar-refractivity contribution in [2.45, 2.75) is 33.6 Å². The molecule has 0 amide bonds. The van der Waals surface area contributed by atoms with Gasteiger partial charge >= 0.3 is 0 Å². The van der Waals surface area contributed by atoms with Crippen molar-refractivity contribution in [3.05, 3.63) is 11.6 Å². The molecule has 0 aliphatic heterocycles. The van der Waals surface area contributed by atoms with E-state index in [9.17, 15) is 4.79 Å². The highest BCUT2D eigenvalue weighted by atomic mass is 16.1. The van der Waals surface area contributed by atoms with Gasteiger partial charge in [0.15, 0.2) is 0 Å². The molecule has 0 saturated carbocycles. The fourth-order valence-electron chi connectivity index (χ4n) is 1.96. The average molecular weight is 166 g/mol. The molecule has 0 fully saturated rings. The van der Waals surface area contributed by atoms with E-state index in [0.717, 1.165) is 12.2 Å². The van der Waals surface area contributed by atoms with Crippen molar-refractivity contribution in [2.24, 2.45) is 17.8 Å². The van der Waals surface area contributed by atoms with Gasteiger partial charge in [-0.3, -0.25) is 0 Å². The lowest BCUT2D eigenvalue weighted by molar-refractivity contribution is -0.108. The molecule has 0 saturated heterocycles. The van der Waals surface area contributed by atoms with Crippen molar-refractivity contribution in [2.75, 3.05) is 0 Å². The van der Waals surface area contributed by atoms with Gasteiger partial charge in [-0.25, -0.2) is 0 Å². The number of carbonyl (C=O) groups is 1. The first kappa shape index (κ1) is 9.50. The Kier molecular flexibility index (Phi) is 3.07. The van der Waals surface area contributed by atoms with E-state index in [1.165, 1.54) is 12.0 Å². The van der Waals surface area contributed by atoms with Gasteiger partial charge < -0.3 is 4.79 Å². The molecule has 0 N–H and O–H groups in total. The lowest BCUT2D eigenvalue weighted by Gasteiger charge is -2.29. The van der Waals surface area contributed by atoms with Crippen LogP contribution in [0.4, 0.5) is 0 Å². The lowest BCUT2D eigenvalue weighted by atomic mass is 9.76. The molecule has 0 aromatic rings. The highest BCUT2D eigenvalue weighted by molar-refractivity contribution is 5.50. The minimum absolute atomic E-state index is 0.522. The molecule has 0 aromatic heterocycles. The van der Waals surface area contributed by atoms with E-state index < -0.39 is 0 Å². The van der Waals surface area contributed by atoms with Gasteiger partial charge in [0.1, 0.15) is 6.29 Å². The third-order valence-electron chi connectivity index (χ3n) is 3.10. The van der Waals surface area contributed by atoms with Crippen molar-refractivity contribution in [1.29, 1.82) is 0 Å². The van der Waals surface area contributed by atoms with Crippen LogP contribution in [0.3, 0.4) is 0 Å². The smallest absolute Gasteiger partial charge is 0.120 e. The van der Waals surface area contributed by atoms with Crippen LogP contribution in [0, 0.1) is 17.8 Å². The van der Waals surface area contributed by atoms with Gasteiger partial charge in [0.2, 0.25) is 0 Å². The summed E-state index contributed by atoms with van der Waals surface area (Å²) in [5.74, 6) is 1.94. The number of carbonyl (C=O) groups excluding carboxylic acids is 1. The summed E-state index contributed by atoms with van der Waals surface area (Å²) < 4.78 is 0. The van der Waals surface area contributed by atoms with E-state index in [1.807, 2.05) is 0 Å². The molecule has 1 aliphatic carbocycles. The summed E-state index contributed by atoms with van der Waals surface area (Å²) in [6.45, 7) is 6.67. The zero-order chi connectivity index (χ0) is 9.14. The minimum Gasteiger partial charge on any atom is -0.303 e. The van der Waals surface area contributed by atoms with E-state index in [0.29, 0.717) is 18.3 Å². The Morgan fingerprint density at radius 1 is 1.58 bits per heavy atom. The van der Waals surface area contributed by atoms with Crippen molar-refractivity contribution in [3.8, 4) is 0 Å². The normalized spacial score (nSPS) is 35.9. The van der Waals surface area contributed by atoms with E-state index in [1.54, 1.807) is 0 Å². The number of rotatable bonds is 2. The Morgan fingerprint density at radius 2 is 2.25 bits per heavy atom. The third kappa shape index (κ3) is 1.96. The second-order valence-corrected chi connectivity index (χ2v) is 4.08. The molecule has 0 heterocycles. The largest absolute Gasteiger partial charge is 0.303 e. The molecule has 2 unspecified atom stereocenters.